The molecule has 1 heterocycles. The SMILES string of the molecule is CCOC(=O)CC(C)=N[C@H]1C(=O)N(c2ccc(Cl)cc2)[C@H]1c1ccccc1. The maximum atomic E-state index is 12.8. The third-order valence-electron chi connectivity index (χ3n) is 4.38. The number of nitrogens with zero attached hydrogens (tertiary/aromatic N) is 2. The zero-order valence-corrected chi connectivity index (χ0v) is 16.0. The average molecular weight is 385 g/mol. The number of hydrogen-bond acceptors (Lipinski definition) is 4. The van der Waals surface area contributed by atoms with Gasteiger partial charge in [0.05, 0.1) is 19.1 Å². The van der Waals surface area contributed by atoms with Gasteiger partial charge in [0.2, 0.25) is 0 Å². The summed E-state index contributed by atoms with van der Waals surface area (Å²) in [6.07, 6.45) is 0.0834. The summed E-state index contributed by atoms with van der Waals surface area (Å²) in [5.74, 6) is -0.439. The van der Waals surface area contributed by atoms with E-state index >= 15 is 0 Å². The van der Waals surface area contributed by atoms with Gasteiger partial charge < -0.3 is 9.64 Å². The first-order valence-electron chi connectivity index (χ1n) is 8.83. The molecule has 1 saturated heterocycles. The van der Waals surface area contributed by atoms with Crippen LogP contribution in [0.4, 0.5) is 5.69 Å². The van der Waals surface area contributed by atoms with Crippen molar-refractivity contribution in [1.82, 2.24) is 0 Å². The van der Waals surface area contributed by atoms with Crippen LogP contribution in [0.2, 0.25) is 5.02 Å². The number of carbonyl (C=O) groups excluding carboxylic acids is 2. The van der Waals surface area contributed by atoms with E-state index < -0.39 is 6.04 Å². The fourth-order valence-corrected chi connectivity index (χ4v) is 3.30. The van der Waals surface area contributed by atoms with E-state index in [1.165, 1.54) is 0 Å². The van der Waals surface area contributed by atoms with Gasteiger partial charge in [-0.25, -0.2) is 0 Å². The number of hydrogen-bond donors (Lipinski definition) is 0. The highest BCUT2D eigenvalue weighted by molar-refractivity contribution is 6.30. The van der Waals surface area contributed by atoms with Crippen LogP contribution in [0.5, 0.6) is 0 Å². The van der Waals surface area contributed by atoms with Gasteiger partial charge in [-0.2, -0.15) is 0 Å². The smallest absolute Gasteiger partial charge is 0.311 e. The van der Waals surface area contributed by atoms with Gasteiger partial charge in [0.25, 0.3) is 5.91 Å². The van der Waals surface area contributed by atoms with Crippen LogP contribution < -0.4 is 4.90 Å². The molecule has 0 aromatic heterocycles. The second kappa shape index (κ2) is 8.35. The van der Waals surface area contributed by atoms with E-state index in [9.17, 15) is 9.59 Å². The Morgan fingerprint density at radius 1 is 1.15 bits per heavy atom. The Bertz CT molecular complexity index is 849. The molecule has 0 unspecified atom stereocenters. The van der Waals surface area contributed by atoms with E-state index in [1.54, 1.807) is 30.9 Å². The van der Waals surface area contributed by atoms with Gasteiger partial charge >= 0.3 is 5.97 Å². The molecule has 5 nitrogen and oxygen atoms in total. The molecule has 3 rings (SSSR count). The Kier molecular flexibility index (Phi) is 5.91. The van der Waals surface area contributed by atoms with Gasteiger partial charge in [0, 0.05) is 16.4 Å². The summed E-state index contributed by atoms with van der Waals surface area (Å²) >= 11 is 5.97. The fourth-order valence-electron chi connectivity index (χ4n) is 3.17. The topological polar surface area (TPSA) is 59.0 Å². The van der Waals surface area contributed by atoms with Crippen molar-refractivity contribution in [3.63, 3.8) is 0 Å². The minimum Gasteiger partial charge on any atom is -0.466 e. The molecule has 140 valence electrons. The molecule has 2 aromatic rings. The van der Waals surface area contributed by atoms with Crippen LogP contribution in [0.15, 0.2) is 59.6 Å². The molecule has 0 radical (unpaired) electrons. The number of halogens is 1. The van der Waals surface area contributed by atoms with E-state index in [0.29, 0.717) is 17.3 Å². The van der Waals surface area contributed by atoms with E-state index in [1.807, 2.05) is 42.5 Å². The van der Waals surface area contributed by atoms with Crippen LogP contribution in [-0.2, 0) is 14.3 Å². The molecule has 1 aliphatic heterocycles. The second-order valence-corrected chi connectivity index (χ2v) is 6.77. The van der Waals surface area contributed by atoms with Crippen molar-refractivity contribution in [3.05, 3.63) is 65.2 Å². The predicted molar refractivity (Wildman–Crippen MR) is 106 cm³/mol. The molecule has 27 heavy (non-hydrogen) atoms. The lowest BCUT2D eigenvalue weighted by atomic mass is 9.88. The van der Waals surface area contributed by atoms with Gasteiger partial charge in [-0.3, -0.25) is 14.6 Å². The van der Waals surface area contributed by atoms with Crippen molar-refractivity contribution in [1.29, 1.82) is 0 Å². The summed E-state index contributed by atoms with van der Waals surface area (Å²) in [6.45, 7) is 3.83. The summed E-state index contributed by atoms with van der Waals surface area (Å²) in [5.41, 5.74) is 2.35. The average Bonchev–Trinajstić information content (AvgIpc) is 2.66. The number of carbonyl (C=O) groups is 2. The zero-order valence-electron chi connectivity index (χ0n) is 15.3. The van der Waals surface area contributed by atoms with Crippen LogP contribution in [0.25, 0.3) is 0 Å². The van der Waals surface area contributed by atoms with Gasteiger partial charge in [0.1, 0.15) is 0 Å². The molecule has 6 heteroatoms. The lowest BCUT2D eigenvalue weighted by molar-refractivity contribution is -0.141. The first-order chi connectivity index (χ1) is 13.0. The molecule has 0 saturated carbocycles. The van der Waals surface area contributed by atoms with Gasteiger partial charge in [-0.1, -0.05) is 41.9 Å². The Balaban J connectivity index is 1.88. The molecule has 1 aliphatic rings. The van der Waals surface area contributed by atoms with E-state index in [4.69, 9.17) is 16.3 Å². The van der Waals surface area contributed by atoms with Crippen molar-refractivity contribution in [2.45, 2.75) is 32.4 Å². The summed E-state index contributed by atoms with van der Waals surface area (Å²) in [4.78, 5) is 30.8. The maximum absolute atomic E-state index is 12.8. The Hall–Kier alpha value is -2.66. The van der Waals surface area contributed by atoms with E-state index in [0.717, 1.165) is 11.3 Å². The van der Waals surface area contributed by atoms with Crippen LogP contribution in [0, 0.1) is 0 Å². The number of rotatable bonds is 6. The lowest BCUT2D eigenvalue weighted by Gasteiger charge is -2.45. The predicted octanol–water partition coefficient (Wildman–Crippen LogP) is 4.21. The number of esters is 1. The highest BCUT2D eigenvalue weighted by Crippen LogP contribution is 2.41. The molecule has 0 spiro atoms. The second-order valence-electron chi connectivity index (χ2n) is 6.33. The van der Waals surface area contributed by atoms with Crippen LogP contribution in [-0.4, -0.2) is 30.2 Å². The normalized spacial score (nSPS) is 19.6. The van der Waals surface area contributed by atoms with Gasteiger partial charge in [-0.15, -0.1) is 0 Å². The van der Waals surface area contributed by atoms with Crippen LogP contribution >= 0.6 is 11.6 Å². The minimum atomic E-state index is -0.558. The summed E-state index contributed by atoms with van der Waals surface area (Å²) in [7, 11) is 0. The highest BCUT2D eigenvalue weighted by Gasteiger charge is 2.49. The third-order valence-corrected chi connectivity index (χ3v) is 4.63. The molecular formula is C21H21ClN2O3. The zero-order chi connectivity index (χ0) is 19.4. The molecule has 0 aliphatic carbocycles. The first-order valence-corrected chi connectivity index (χ1v) is 9.21. The Morgan fingerprint density at radius 2 is 1.81 bits per heavy atom. The lowest BCUT2D eigenvalue weighted by Crippen LogP contribution is -2.58. The van der Waals surface area contributed by atoms with Gasteiger partial charge in [-0.05, 0) is 43.7 Å². The fraction of sp³-hybridized carbons (Fsp3) is 0.286. The largest absolute Gasteiger partial charge is 0.466 e. The van der Waals surface area contributed by atoms with E-state index in [2.05, 4.69) is 4.99 Å². The Morgan fingerprint density at radius 3 is 2.44 bits per heavy atom. The molecule has 0 N–H and O–H groups in total. The van der Waals surface area contributed by atoms with Crippen LogP contribution in [0.1, 0.15) is 31.9 Å². The molecule has 1 amide bonds. The van der Waals surface area contributed by atoms with Crippen LogP contribution in [0.3, 0.4) is 0 Å². The van der Waals surface area contributed by atoms with E-state index in [-0.39, 0.29) is 24.3 Å². The van der Waals surface area contributed by atoms with Crippen molar-refractivity contribution < 1.29 is 14.3 Å². The third kappa shape index (κ3) is 4.19. The molecule has 0 bridgehead atoms. The number of amides is 1. The minimum absolute atomic E-state index is 0.0834. The number of β-lactam (4-membered cyclic amide) rings is 1. The van der Waals surface area contributed by atoms with Crippen molar-refractivity contribution >= 4 is 34.9 Å². The monoisotopic (exact) mass is 384 g/mol. The van der Waals surface area contributed by atoms with Crippen molar-refractivity contribution in [2.24, 2.45) is 4.99 Å². The van der Waals surface area contributed by atoms with Gasteiger partial charge in [0.15, 0.2) is 6.04 Å². The maximum Gasteiger partial charge on any atom is 0.311 e. The number of ether oxygens (including phenoxy) is 1. The molecular weight excluding hydrogens is 364 g/mol. The van der Waals surface area contributed by atoms with Crippen molar-refractivity contribution in [3.8, 4) is 0 Å². The summed E-state index contributed by atoms with van der Waals surface area (Å²) < 4.78 is 4.96. The summed E-state index contributed by atoms with van der Waals surface area (Å²) in [5, 5.41) is 0.614. The molecule has 1 fully saturated rings. The van der Waals surface area contributed by atoms with Crippen molar-refractivity contribution in [2.75, 3.05) is 11.5 Å². The standard InChI is InChI=1S/C21H21ClN2O3/c1-3-27-18(25)13-14(2)23-19-20(15-7-5-4-6-8-15)24(21(19)26)17-11-9-16(22)10-12-17/h4-12,19-20H,3,13H2,1-2H3/t19-,20+/m1/s1. The number of anilines is 1. The number of aliphatic imine (C=N–C) groups is 1. The molecule has 2 aromatic carbocycles. The quantitative estimate of drug-likeness (QED) is 0.426. The highest BCUT2D eigenvalue weighted by atomic mass is 35.5. The molecule has 2 atom stereocenters. The summed E-state index contributed by atoms with van der Waals surface area (Å²) in [6, 6.07) is 16.1. The Labute approximate surface area is 163 Å². The first kappa shape index (κ1) is 19.1. The number of benzene rings is 2.